The summed E-state index contributed by atoms with van der Waals surface area (Å²) in [5.41, 5.74) is -1.18. The van der Waals surface area contributed by atoms with Crippen LogP contribution >= 0.6 is 0 Å². The van der Waals surface area contributed by atoms with Gasteiger partial charge in [0.2, 0.25) is 6.10 Å². The highest BCUT2D eigenvalue weighted by atomic mass is 16.6. The number of fused-ring (bicyclic) bond motifs is 5. The molecule has 4 aliphatic rings. The molecule has 2 N–H and O–H groups in total. The fourth-order valence-electron chi connectivity index (χ4n) is 10.9. The fourth-order valence-corrected chi connectivity index (χ4v) is 10.9. The summed E-state index contributed by atoms with van der Waals surface area (Å²) < 4.78 is 24.5. The third-order valence-electron chi connectivity index (χ3n) is 13.7. The van der Waals surface area contributed by atoms with Gasteiger partial charge in [-0.3, -0.25) is 14.4 Å². The van der Waals surface area contributed by atoms with Crippen LogP contribution in [0.25, 0.3) is 0 Å². The molecule has 0 radical (unpaired) electrons. The lowest BCUT2D eigenvalue weighted by molar-refractivity contribution is -0.303. The monoisotopic (exact) mass is 773 g/mol. The number of nitrogens with one attached hydrogen (secondary N) is 1. The maximum absolute atomic E-state index is 15.2. The Morgan fingerprint density at radius 2 is 1.52 bits per heavy atom. The smallest absolute Gasteiger partial charge is 0.350 e. The molecule has 2 bridgehead atoms. The van der Waals surface area contributed by atoms with Crippen LogP contribution in [0.4, 0.5) is 5.69 Å². The second-order valence-corrected chi connectivity index (χ2v) is 16.9. The number of anilines is 1. The van der Waals surface area contributed by atoms with Crippen LogP contribution in [-0.4, -0.2) is 72.2 Å². The van der Waals surface area contributed by atoms with Crippen molar-refractivity contribution in [2.24, 2.45) is 34.0 Å². The molecule has 6 rings (SSSR count). The molecule has 11 atom stereocenters. The molecule has 2 aromatic rings. The SMILES string of the molecule is C=O.CCC(=O)O[C@H]1C[C@H]2OC[C@@]2(C)[C@H]2[C@H](C)[C@]3(O)C[C@H](OC(=O)[C@H](OC(=O)CC)[C@@H](Nc4ccccc4)c4ccccc4)C(C)=C([C@@H](C)C(=O)[C@]12C)C3(C)C. The Balaban J connectivity index is 0.00000295. The number of carbonyl (C=O) groups excluding carboxylic acids is 5. The molecule has 11 nitrogen and oxygen atoms in total. The number of Topliss-reactive ketones (excluding diaryl/α,β-unsaturated/α-hetero) is 1. The van der Waals surface area contributed by atoms with Crippen LogP contribution in [0.3, 0.4) is 0 Å². The molecule has 0 aromatic heterocycles. The van der Waals surface area contributed by atoms with Gasteiger partial charge in [-0.25, -0.2) is 4.79 Å². The molecule has 0 spiro atoms. The Hall–Kier alpha value is -4.35. The van der Waals surface area contributed by atoms with Crippen molar-refractivity contribution in [3.05, 3.63) is 77.4 Å². The van der Waals surface area contributed by atoms with Gasteiger partial charge in [-0.15, -0.1) is 0 Å². The van der Waals surface area contributed by atoms with Crippen LogP contribution in [0, 0.1) is 34.0 Å². The summed E-state index contributed by atoms with van der Waals surface area (Å²) in [5.74, 6) is -3.44. The molecular formula is C45H59NO10. The number of para-hydroxylation sites is 1. The van der Waals surface area contributed by atoms with E-state index in [0.717, 1.165) is 5.69 Å². The van der Waals surface area contributed by atoms with Crippen molar-refractivity contribution in [3.63, 3.8) is 0 Å². The molecule has 2 saturated carbocycles. The van der Waals surface area contributed by atoms with E-state index < -0.39 is 75.9 Å². The summed E-state index contributed by atoms with van der Waals surface area (Å²) in [7, 11) is 0. The minimum absolute atomic E-state index is 0.0480. The van der Waals surface area contributed by atoms with E-state index in [0.29, 0.717) is 29.7 Å². The van der Waals surface area contributed by atoms with Gasteiger partial charge >= 0.3 is 17.9 Å². The minimum Gasteiger partial charge on any atom is -0.461 e. The number of benzene rings is 2. The first kappa shape index (κ1) is 42.8. The molecule has 0 unspecified atom stereocenters. The molecule has 3 aliphatic carbocycles. The molecule has 1 saturated heterocycles. The van der Waals surface area contributed by atoms with Gasteiger partial charge in [-0.05, 0) is 54.5 Å². The Morgan fingerprint density at radius 3 is 2.07 bits per heavy atom. The number of ketones is 1. The fraction of sp³-hybridized carbons (Fsp3) is 0.578. The van der Waals surface area contributed by atoms with Crippen LogP contribution in [0.15, 0.2) is 71.8 Å². The first-order valence-corrected chi connectivity index (χ1v) is 19.8. The van der Waals surface area contributed by atoms with Gasteiger partial charge in [0, 0.05) is 48.1 Å². The summed E-state index contributed by atoms with van der Waals surface area (Å²) in [4.78, 5) is 63.6. The van der Waals surface area contributed by atoms with E-state index in [1.807, 2.05) is 109 Å². The van der Waals surface area contributed by atoms with Crippen molar-refractivity contribution in [1.82, 2.24) is 0 Å². The Bertz CT molecular complexity index is 1810. The number of aliphatic hydroxyl groups is 1. The van der Waals surface area contributed by atoms with Crippen molar-refractivity contribution in [2.45, 2.75) is 124 Å². The lowest BCUT2D eigenvalue weighted by Gasteiger charge is -2.69. The largest absolute Gasteiger partial charge is 0.461 e. The van der Waals surface area contributed by atoms with Gasteiger partial charge in [-0.2, -0.15) is 0 Å². The van der Waals surface area contributed by atoms with Crippen LogP contribution in [0.2, 0.25) is 0 Å². The second-order valence-electron chi connectivity index (χ2n) is 16.9. The Morgan fingerprint density at radius 1 is 0.929 bits per heavy atom. The van der Waals surface area contributed by atoms with Crippen LogP contribution in [0.5, 0.6) is 0 Å². The maximum atomic E-state index is 15.2. The molecule has 1 aliphatic heterocycles. The van der Waals surface area contributed by atoms with Crippen LogP contribution in [0.1, 0.15) is 99.6 Å². The number of carbonyl (C=O) groups is 5. The first-order chi connectivity index (χ1) is 26.4. The average molecular weight is 774 g/mol. The summed E-state index contributed by atoms with van der Waals surface area (Å²) in [6.45, 7) is 19.5. The van der Waals surface area contributed by atoms with E-state index in [4.69, 9.17) is 23.7 Å². The van der Waals surface area contributed by atoms with E-state index in [2.05, 4.69) is 12.2 Å². The molecule has 0 amide bonds. The molecule has 1 heterocycles. The minimum atomic E-state index is -1.48. The first-order valence-electron chi connectivity index (χ1n) is 19.8. The highest BCUT2D eigenvalue weighted by Gasteiger charge is 2.73. The average Bonchev–Trinajstić information content (AvgIpc) is 3.19. The predicted octanol–water partition coefficient (Wildman–Crippen LogP) is 6.97. The van der Waals surface area contributed by atoms with Crippen LogP contribution in [-0.2, 0) is 42.9 Å². The Labute approximate surface area is 330 Å². The highest BCUT2D eigenvalue weighted by Crippen LogP contribution is 2.68. The van der Waals surface area contributed by atoms with E-state index in [1.54, 1.807) is 13.8 Å². The number of ether oxygens (including phenoxy) is 4. The van der Waals surface area contributed by atoms with E-state index in [-0.39, 0.29) is 37.1 Å². The lowest BCUT2D eigenvalue weighted by atomic mass is 9.40. The van der Waals surface area contributed by atoms with Gasteiger partial charge < -0.3 is 34.2 Å². The standard InChI is InChI=1S/C44H57NO9.CH2O/c1-10-33(46)53-32-22-31-42(8,24-51-31)38-27(5)44(50)23-30(25(3)35(41(44,6)7)26(4)39(48)43(32,38)9)52-40(49)37(54-34(47)11-2)36(28-18-14-12-15-19-28)45-29-20-16-13-17-21-29;1-2/h12-21,26-27,30-32,36-38,45,50H,10-11,22-24H2,1-9H3;1H2/t26-,27+,30+,31-,32+,36+,37-,38-,42-,43-,44-;/m1./s1. The number of esters is 3. The highest BCUT2D eigenvalue weighted by molar-refractivity contribution is 5.91. The number of rotatable bonds is 10. The molecule has 2 aromatic carbocycles. The van der Waals surface area contributed by atoms with Gasteiger partial charge in [0.15, 0.2) is 0 Å². The van der Waals surface area contributed by atoms with Crippen molar-refractivity contribution < 1.29 is 48.0 Å². The number of hydrogen-bond acceptors (Lipinski definition) is 11. The van der Waals surface area contributed by atoms with Crippen molar-refractivity contribution >= 4 is 36.2 Å². The maximum Gasteiger partial charge on any atom is 0.350 e. The van der Waals surface area contributed by atoms with Crippen molar-refractivity contribution in [1.29, 1.82) is 0 Å². The topological polar surface area (TPSA) is 155 Å². The normalized spacial score (nSPS) is 33.9. The van der Waals surface area contributed by atoms with Gasteiger partial charge in [0.25, 0.3) is 0 Å². The molecular weight excluding hydrogens is 714 g/mol. The molecule has 3 fully saturated rings. The van der Waals surface area contributed by atoms with Gasteiger partial charge in [0.05, 0.1) is 29.8 Å². The summed E-state index contributed by atoms with van der Waals surface area (Å²) in [6, 6.07) is 17.8. The Kier molecular flexibility index (Phi) is 12.4. The van der Waals surface area contributed by atoms with Gasteiger partial charge in [0.1, 0.15) is 24.8 Å². The second kappa shape index (κ2) is 16.3. The molecule has 56 heavy (non-hydrogen) atoms. The third-order valence-corrected chi connectivity index (χ3v) is 13.7. The lowest BCUT2D eigenvalue weighted by Crippen LogP contribution is -2.74. The quantitative estimate of drug-likeness (QED) is 0.146. The molecule has 11 heteroatoms. The zero-order valence-electron chi connectivity index (χ0n) is 34.3. The number of hydrogen-bond donors (Lipinski definition) is 2. The summed E-state index contributed by atoms with van der Waals surface area (Å²) in [5, 5.41) is 16.7. The summed E-state index contributed by atoms with van der Waals surface area (Å²) in [6.07, 6.45) is -2.62. The molecule has 304 valence electrons. The zero-order chi connectivity index (χ0) is 41.4. The third kappa shape index (κ3) is 6.99. The van der Waals surface area contributed by atoms with Gasteiger partial charge in [-0.1, -0.05) is 97.0 Å². The van der Waals surface area contributed by atoms with Crippen molar-refractivity contribution in [3.8, 4) is 0 Å². The van der Waals surface area contributed by atoms with Crippen LogP contribution < -0.4 is 5.32 Å². The van der Waals surface area contributed by atoms with Crippen molar-refractivity contribution in [2.75, 3.05) is 11.9 Å². The predicted molar refractivity (Wildman–Crippen MR) is 210 cm³/mol. The van der Waals surface area contributed by atoms with E-state index in [1.165, 1.54) is 0 Å². The summed E-state index contributed by atoms with van der Waals surface area (Å²) >= 11 is 0. The van der Waals surface area contributed by atoms with E-state index in [9.17, 15) is 19.5 Å². The zero-order valence-corrected chi connectivity index (χ0v) is 34.3. The van der Waals surface area contributed by atoms with E-state index >= 15 is 4.79 Å².